The summed E-state index contributed by atoms with van der Waals surface area (Å²) in [6, 6.07) is -0.602. The van der Waals surface area contributed by atoms with Gasteiger partial charge in [-0.1, -0.05) is 13.3 Å². The van der Waals surface area contributed by atoms with Crippen molar-refractivity contribution in [2.45, 2.75) is 44.0 Å². The van der Waals surface area contributed by atoms with E-state index in [4.69, 9.17) is 5.11 Å². The molecule has 0 spiro atoms. The van der Waals surface area contributed by atoms with Gasteiger partial charge in [0.15, 0.2) is 0 Å². The molecule has 90 valence electrons. The van der Waals surface area contributed by atoms with Crippen LogP contribution < -0.4 is 0 Å². The summed E-state index contributed by atoms with van der Waals surface area (Å²) in [5.74, 6) is -0.144. The third-order valence-electron chi connectivity index (χ3n) is 3.09. The standard InChI is InChI=1S/C11H17NO3S/c1-2-3-9-12(10(13)7-4-5-7)8(6-16-9)11(14)15/h7-9H,2-6H2,1H3,(H,14,15). The summed E-state index contributed by atoms with van der Waals surface area (Å²) in [5.41, 5.74) is 0. The molecule has 1 aliphatic carbocycles. The minimum Gasteiger partial charge on any atom is -0.480 e. The van der Waals surface area contributed by atoms with Crippen LogP contribution in [0.25, 0.3) is 0 Å². The smallest absolute Gasteiger partial charge is 0.327 e. The van der Waals surface area contributed by atoms with Gasteiger partial charge in [-0.25, -0.2) is 4.79 Å². The van der Waals surface area contributed by atoms with E-state index in [1.54, 1.807) is 16.7 Å². The summed E-state index contributed by atoms with van der Waals surface area (Å²) in [4.78, 5) is 24.8. The zero-order chi connectivity index (χ0) is 11.7. The molecule has 0 aromatic rings. The van der Waals surface area contributed by atoms with Crippen LogP contribution in [-0.2, 0) is 9.59 Å². The Bertz CT molecular complexity index is 304. The molecule has 4 nitrogen and oxygen atoms in total. The topological polar surface area (TPSA) is 57.6 Å². The van der Waals surface area contributed by atoms with Crippen molar-refractivity contribution in [1.29, 1.82) is 0 Å². The van der Waals surface area contributed by atoms with Gasteiger partial charge in [-0.2, -0.15) is 0 Å². The third-order valence-corrected chi connectivity index (χ3v) is 4.45. The number of carboxylic acid groups (broad SMARTS) is 1. The first-order chi connectivity index (χ1) is 7.65. The zero-order valence-electron chi connectivity index (χ0n) is 9.39. The van der Waals surface area contributed by atoms with Crippen LogP contribution in [0.1, 0.15) is 32.6 Å². The van der Waals surface area contributed by atoms with Crippen LogP contribution in [0.3, 0.4) is 0 Å². The first kappa shape index (κ1) is 11.8. The van der Waals surface area contributed by atoms with Gasteiger partial charge in [-0.05, 0) is 19.3 Å². The molecule has 1 saturated heterocycles. The molecular weight excluding hydrogens is 226 g/mol. The van der Waals surface area contributed by atoms with Crippen molar-refractivity contribution in [3.63, 3.8) is 0 Å². The molecule has 2 aliphatic rings. The van der Waals surface area contributed by atoms with Crippen molar-refractivity contribution in [3.05, 3.63) is 0 Å². The number of nitrogens with zero attached hydrogens (tertiary/aromatic N) is 1. The van der Waals surface area contributed by atoms with Crippen molar-refractivity contribution in [3.8, 4) is 0 Å². The highest BCUT2D eigenvalue weighted by molar-refractivity contribution is 8.00. The Labute approximate surface area is 99.4 Å². The lowest BCUT2D eigenvalue weighted by Crippen LogP contribution is -2.46. The van der Waals surface area contributed by atoms with Crippen molar-refractivity contribution in [2.75, 3.05) is 5.75 Å². The zero-order valence-corrected chi connectivity index (χ0v) is 10.2. The molecule has 0 aromatic heterocycles. The van der Waals surface area contributed by atoms with E-state index in [9.17, 15) is 9.59 Å². The van der Waals surface area contributed by atoms with E-state index in [2.05, 4.69) is 6.92 Å². The number of carboxylic acids is 1. The van der Waals surface area contributed by atoms with Crippen molar-refractivity contribution >= 4 is 23.6 Å². The second kappa shape index (κ2) is 4.65. The van der Waals surface area contributed by atoms with Crippen LogP contribution in [0.4, 0.5) is 0 Å². The van der Waals surface area contributed by atoms with E-state index >= 15 is 0 Å². The SMILES string of the molecule is CCCC1SCC(C(=O)O)N1C(=O)C1CC1. The average molecular weight is 243 g/mol. The fourth-order valence-corrected chi connectivity index (χ4v) is 3.58. The van der Waals surface area contributed by atoms with E-state index < -0.39 is 12.0 Å². The molecule has 1 heterocycles. The Balaban J connectivity index is 2.10. The van der Waals surface area contributed by atoms with Crippen molar-refractivity contribution in [2.24, 2.45) is 5.92 Å². The van der Waals surface area contributed by atoms with E-state index in [0.717, 1.165) is 25.7 Å². The quantitative estimate of drug-likeness (QED) is 0.814. The Morgan fingerprint density at radius 1 is 1.44 bits per heavy atom. The summed E-state index contributed by atoms with van der Waals surface area (Å²) in [5, 5.41) is 9.20. The highest BCUT2D eigenvalue weighted by Crippen LogP contribution is 2.38. The molecule has 2 fully saturated rings. The van der Waals surface area contributed by atoms with Gasteiger partial charge in [0, 0.05) is 11.7 Å². The van der Waals surface area contributed by atoms with Gasteiger partial charge < -0.3 is 10.0 Å². The minimum atomic E-state index is -0.861. The van der Waals surface area contributed by atoms with Crippen molar-refractivity contribution in [1.82, 2.24) is 4.90 Å². The molecule has 2 unspecified atom stereocenters. The maximum atomic E-state index is 12.1. The molecule has 1 amide bonds. The predicted molar refractivity (Wildman–Crippen MR) is 62.1 cm³/mol. The molecule has 1 aliphatic heterocycles. The highest BCUT2D eigenvalue weighted by Gasteiger charge is 2.45. The molecule has 16 heavy (non-hydrogen) atoms. The third kappa shape index (κ3) is 2.19. The van der Waals surface area contributed by atoms with Crippen molar-refractivity contribution < 1.29 is 14.7 Å². The van der Waals surface area contributed by atoms with Gasteiger partial charge in [-0.3, -0.25) is 4.79 Å². The Hall–Kier alpha value is -0.710. The van der Waals surface area contributed by atoms with E-state index in [0.29, 0.717) is 5.75 Å². The number of thioether (sulfide) groups is 1. The van der Waals surface area contributed by atoms with Gasteiger partial charge in [0.05, 0.1) is 5.37 Å². The largest absolute Gasteiger partial charge is 0.480 e. The normalized spacial score (nSPS) is 29.4. The lowest BCUT2D eigenvalue weighted by Gasteiger charge is -2.27. The summed E-state index contributed by atoms with van der Waals surface area (Å²) >= 11 is 1.61. The van der Waals surface area contributed by atoms with Gasteiger partial charge >= 0.3 is 5.97 Å². The number of amides is 1. The Morgan fingerprint density at radius 3 is 2.62 bits per heavy atom. The fraction of sp³-hybridized carbons (Fsp3) is 0.818. The van der Waals surface area contributed by atoms with Gasteiger partial charge in [0.2, 0.25) is 5.91 Å². The van der Waals surface area contributed by atoms with Crippen LogP contribution >= 0.6 is 11.8 Å². The van der Waals surface area contributed by atoms with Crippen LogP contribution in [0.5, 0.6) is 0 Å². The monoisotopic (exact) mass is 243 g/mol. The van der Waals surface area contributed by atoms with E-state index in [1.807, 2.05) is 0 Å². The molecule has 2 atom stereocenters. The molecule has 0 radical (unpaired) electrons. The minimum absolute atomic E-state index is 0.0656. The molecular formula is C11H17NO3S. The van der Waals surface area contributed by atoms with E-state index in [-0.39, 0.29) is 17.2 Å². The summed E-state index contributed by atoms with van der Waals surface area (Å²) < 4.78 is 0. The van der Waals surface area contributed by atoms with Crippen LogP contribution in [0.15, 0.2) is 0 Å². The predicted octanol–water partition coefficient (Wildman–Crippen LogP) is 1.55. The number of carbonyl (C=O) groups excluding carboxylic acids is 1. The molecule has 0 bridgehead atoms. The number of hydrogen-bond acceptors (Lipinski definition) is 3. The first-order valence-electron chi connectivity index (χ1n) is 5.81. The Morgan fingerprint density at radius 2 is 2.12 bits per heavy atom. The van der Waals surface area contributed by atoms with Crippen LogP contribution in [0.2, 0.25) is 0 Å². The Kier molecular flexibility index (Phi) is 3.42. The van der Waals surface area contributed by atoms with Gasteiger partial charge in [-0.15, -0.1) is 11.8 Å². The average Bonchev–Trinajstić information content (AvgIpc) is 2.99. The molecule has 1 saturated carbocycles. The molecule has 5 heteroatoms. The maximum absolute atomic E-state index is 12.1. The molecule has 1 N–H and O–H groups in total. The summed E-state index contributed by atoms with van der Waals surface area (Å²) in [7, 11) is 0. The highest BCUT2D eigenvalue weighted by atomic mass is 32.2. The van der Waals surface area contributed by atoms with Crippen LogP contribution in [-0.4, -0.2) is 39.1 Å². The summed E-state index contributed by atoms with van der Waals surface area (Å²) in [6.07, 6.45) is 3.75. The second-order valence-corrected chi connectivity index (χ2v) is 5.66. The lowest BCUT2D eigenvalue weighted by atomic mass is 10.2. The fourth-order valence-electron chi connectivity index (χ4n) is 2.06. The number of carbonyl (C=O) groups is 2. The lowest BCUT2D eigenvalue weighted by molar-refractivity contribution is -0.149. The second-order valence-electron chi connectivity index (χ2n) is 4.45. The maximum Gasteiger partial charge on any atom is 0.327 e. The number of aliphatic carboxylic acids is 1. The number of rotatable bonds is 4. The molecule has 2 rings (SSSR count). The first-order valence-corrected chi connectivity index (χ1v) is 6.86. The van der Waals surface area contributed by atoms with E-state index in [1.165, 1.54) is 0 Å². The number of hydrogen-bond donors (Lipinski definition) is 1. The molecule has 0 aromatic carbocycles. The van der Waals surface area contributed by atoms with Crippen LogP contribution in [0, 0.1) is 5.92 Å². The summed E-state index contributed by atoms with van der Waals surface area (Å²) in [6.45, 7) is 2.06. The van der Waals surface area contributed by atoms with Gasteiger partial charge in [0.1, 0.15) is 6.04 Å². The van der Waals surface area contributed by atoms with Gasteiger partial charge in [0.25, 0.3) is 0 Å².